The Morgan fingerprint density at radius 3 is 2.32 bits per heavy atom. The summed E-state index contributed by atoms with van der Waals surface area (Å²) in [6.07, 6.45) is 2.12. The number of hydrogen-bond acceptors (Lipinski definition) is 2. The summed E-state index contributed by atoms with van der Waals surface area (Å²) < 4.78 is 0. The Morgan fingerprint density at radius 2 is 1.68 bits per heavy atom. The molecule has 0 saturated carbocycles. The fourth-order valence-electron chi connectivity index (χ4n) is 2.82. The van der Waals surface area contributed by atoms with Crippen molar-refractivity contribution < 1.29 is 0 Å². The van der Waals surface area contributed by atoms with Gasteiger partial charge in [-0.25, -0.2) is 0 Å². The SMILES string of the molecule is CCc1cc(C)ccc1Nc1ccc(NC)c(CC(C)C)c1. The highest BCUT2D eigenvalue weighted by molar-refractivity contribution is 5.67. The van der Waals surface area contributed by atoms with E-state index in [9.17, 15) is 0 Å². The molecule has 0 amide bonds. The Labute approximate surface area is 135 Å². The molecule has 0 unspecified atom stereocenters. The molecule has 0 atom stereocenters. The first-order chi connectivity index (χ1) is 10.5. The van der Waals surface area contributed by atoms with Crippen molar-refractivity contribution in [3.63, 3.8) is 0 Å². The van der Waals surface area contributed by atoms with Gasteiger partial charge in [0.1, 0.15) is 0 Å². The fourth-order valence-corrected chi connectivity index (χ4v) is 2.82. The van der Waals surface area contributed by atoms with Crippen LogP contribution < -0.4 is 10.6 Å². The van der Waals surface area contributed by atoms with E-state index in [1.165, 1.54) is 28.1 Å². The number of anilines is 3. The summed E-state index contributed by atoms with van der Waals surface area (Å²) in [7, 11) is 1.99. The van der Waals surface area contributed by atoms with Gasteiger partial charge in [0.15, 0.2) is 0 Å². The van der Waals surface area contributed by atoms with Crippen LogP contribution in [-0.2, 0) is 12.8 Å². The molecular weight excluding hydrogens is 268 g/mol. The Hall–Kier alpha value is -1.96. The van der Waals surface area contributed by atoms with Crippen LogP contribution in [0.15, 0.2) is 36.4 Å². The predicted octanol–water partition coefficient (Wildman–Crippen LogP) is 5.54. The van der Waals surface area contributed by atoms with E-state index < -0.39 is 0 Å². The number of aryl methyl sites for hydroxylation is 2. The highest BCUT2D eigenvalue weighted by Gasteiger charge is 2.07. The molecule has 2 aromatic rings. The van der Waals surface area contributed by atoms with Crippen LogP contribution in [0.25, 0.3) is 0 Å². The minimum absolute atomic E-state index is 0.646. The average Bonchev–Trinajstić information content (AvgIpc) is 2.48. The molecule has 2 heteroatoms. The zero-order chi connectivity index (χ0) is 16.1. The molecule has 0 aliphatic heterocycles. The van der Waals surface area contributed by atoms with Crippen LogP contribution in [0, 0.1) is 12.8 Å². The second kappa shape index (κ2) is 7.35. The third-order valence-corrected chi connectivity index (χ3v) is 3.92. The Kier molecular flexibility index (Phi) is 5.48. The van der Waals surface area contributed by atoms with E-state index in [4.69, 9.17) is 0 Å². The first kappa shape index (κ1) is 16.4. The molecule has 2 nitrogen and oxygen atoms in total. The second-order valence-electron chi connectivity index (χ2n) is 6.36. The summed E-state index contributed by atoms with van der Waals surface area (Å²) in [5, 5.41) is 6.88. The maximum Gasteiger partial charge on any atom is 0.0416 e. The second-order valence-corrected chi connectivity index (χ2v) is 6.36. The quantitative estimate of drug-likeness (QED) is 0.731. The first-order valence-electron chi connectivity index (χ1n) is 8.20. The largest absolute Gasteiger partial charge is 0.388 e. The van der Waals surface area contributed by atoms with Crippen molar-refractivity contribution in [3.05, 3.63) is 53.1 Å². The smallest absolute Gasteiger partial charge is 0.0416 e. The van der Waals surface area contributed by atoms with Crippen LogP contribution in [0.1, 0.15) is 37.5 Å². The van der Waals surface area contributed by atoms with Gasteiger partial charge in [0.05, 0.1) is 0 Å². The van der Waals surface area contributed by atoms with Crippen molar-refractivity contribution in [2.24, 2.45) is 5.92 Å². The molecule has 0 fully saturated rings. The average molecular weight is 296 g/mol. The molecule has 0 heterocycles. The molecule has 118 valence electrons. The maximum absolute atomic E-state index is 3.59. The topological polar surface area (TPSA) is 24.1 Å². The van der Waals surface area contributed by atoms with Crippen LogP contribution in [-0.4, -0.2) is 7.05 Å². The number of nitrogens with one attached hydrogen (secondary N) is 2. The van der Waals surface area contributed by atoms with Crippen LogP contribution in [0.4, 0.5) is 17.1 Å². The number of hydrogen-bond donors (Lipinski definition) is 2. The third-order valence-electron chi connectivity index (χ3n) is 3.92. The van der Waals surface area contributed by atoms with Gasteiger partial charge >= 0.3 is 0 Å². The van der Waals surface area contributed by atoms with Crippen LogP contribution in [0.2, 0.25) is 0 Å². The molecule has 0 aromatic heterocycles. The maximum atomic E-state index is 3.59. The monoisotopic (exact) mass is 296 g/mol. The summed E-state index contributed by atoms with van der Waals surface area (Å²) in [5.41, 5.74) is 7.64. The van der Waals surface area contributed by atoms with Crippen molar-refractivity contribution >= 4 is 17.1 Å². The summed E-state index contributed by atoms with van der Waals surface area (Å²) in [4.78, 5) is 0. The van der Waals surface area contributed by atoms with Gasteiger partial charge in [0, 0.05) is 24.1 Å². The van der Waals surface area contributed by atoms with Crippen LogP contribution in [0.5, 0.6) is 0 Å². The van der Waals surface area contributed by atoms with Gasteiger partial charge in [0.25, 0.3) is 0 Å². The van der Waals surface area contributed by atoms with Gasteiger partial charge in [-0.1, -0.05) is 38.5 Å². The molecular formula is C20H28N2. The molecule has 2 aromatic carbocycles. The van der Waals surface area contributed by atoms with Gasteiger partial charge in [-0.15, -0.1) is 0 Å². The highest BCUT2D eigenvalue weighted by Crippen LogP contribution is 2.27. The van der Waals surface area contributed by atoms with Crippen molar-refractivity contribution in [1.29, 1.82) is 0 Å². The minimum Gasteiger partial charge on any atom is -0.388 e. The van der Waals surface area contributed by atoms with Crippen molar-refractivity contribution in [2.75, 3.05) is 17.7 Å². The van der Waals surface area contributed by atoms with Gasteiger partial charge < -0.3 is 10.6 Å². The Morgan fingerprint density at radius 1 is 0.955 bits per heavy atom. The van der Waals surface area contributed by atoms with E-state index in [-0.39, 0.29) is 0 Å². The van der Waals surface area contributed by atoms with Crippen LogP contribution in [0.3, 0.4) is 0 Å². The van der Waals surface area contributed by atoms with Crippen LogP contribution >= 0.6 is 0 Å². The Balaban J connectivity index is 2.30. The van der Waals surface area contributed by atoms with E-state index >= 15 is 0 Å². The lowest BCUT2D eigenvalue weighted by molar-refractivity contribution is 0.648. The zero-order valence-corrected chi connectivity index (χ0v) is 14.5. The van der Waals surface area contributed by atoms with Gasteiger partial charge in [0.2, 0.25) is 0 Å². The zero-order valence-electron chi connectivity index (χ0n) is 14.5. The van der Waals surface area contributed by atoms with Crippen molar-refractivity contribution in [2.45, 2.75) is 40.5 Å². The standard InChI is InChI=1S/C20H28N2/c1-6-16-12-15(4)7-9-20(16)22-18-8-10-19(21-5)17(13-18)11-14(2)3/h7-10,12-14,21-22H,6,11H2,1-5H3. The minimum atomic E-state index is 0.646. The molecule has 0 spiro atoms. The highest BCUT2D eigenvalue weighted by atomic mass is 14.9. The fraction of sp³-hybridized carbons (Fsp3) is 0.400. The molecule has 0 bridgehead atoms. The lowest BCUT2D eigenvalue weighted by atomic mass is 10.00. The third kappa shape index (κ3) is 4.03. The molecule has 0 aliphatic rings. The molecule has 2 rings (SSSR count). The van der Waals surface area contributed by atoms with Gasteiger partial charge in [-0.3, -0.25) is 0 Å². The first-order valence-corrected chi connectivity index (χ1v) is 8.20. The lowest BCUT2D eigenvalue weighted by Crippen LogP contribution is -2.02. The molecule has 22 heavy (non-hydrogen) atoms. The molecule has 0 aliphatic carbocycles. The Bertz CT molecular complexity index is 630. The summed E-state index contributed by atoms with van der Waals surface area (Å²) in [5.74, 6) is 0.646. The summed E-state index contributed by atoms with van der Waals surface area (Å²) in [6, 6.07) is 13.2. The van der Waals surface area contributed by atoms with Crippen molar-refractivity contribution in [3.8, 4) is 0 Å². The lowest BCUT2D eigenvalue weighted by Gasteiger charge is -2.16. The van der Waals surface area contributed by atoms with E-state index in [0.29, 0.717) is 5.92 Å². The molecule has 2 N–H and O–H groups in total. The van der Waals surface area contributed by atoms with E-state index in [0.717, 1.165) is 18.5 Å². The normalized spacial score (nSPS) is 10.8. The predicted molar refractivity (Wildman–Crippen MR) is 98.4 cm³/mol. The molecule has 0 saturated heterocycles. The number of benzene rings is 2. The molecule has 0 radical (unpaired) electrons. The van der Waals surface area contributed by atoms with Crippen molar-refractivity contribution in [1.82, 2.24) is 0 Å². The van der Waals surface area contributed by atoms with E-state index in [1.54, 1.807) is 0 Å². The van der Waals surface area contributed by atoms with E-state index in [1.807, 2.05) is 7.05 Å². The summed E-state index contributed by atoms with van der Waals surface area (Å²) >= 11 is 0. The van der Waals surface area contributed by atoms with E-state index in [2.05, 4.69) is 74.7 Å². The number of rotatable bonds is 6. The summed E-state index contributed by atoms with van der Waals surface area (Å²) in [6.45, 7) is 8.86. The van der Waals surface area contributed by atoms with Gasteiger partial charge in [-0.05, 0) is 61.1 Å². The van der Waals surface area contributed by atoms with Gasteiger partial charge in [-0.2, -0.15) is 0 Å².